The third-order valence-electron chi connectivity index (χ3n) is 3.10. The summed E-state index contributed by atoms with van der Waals surface area (Å²) in [6.45, 7) is 6.88. The van der Waals surface area contributed by atoms with Crippen molar-refractivity contribution in [3.05, 3.63) is 29.3 Å². The standard InChI is InChI=1S/C14H22N2O2/c1-10-11(6-5-7-12(10)17)13(18)16(4)9-14(2,3)8-15/h5-7,17H,8-9,15H2,1-4H3. The second-order valence-corrected chi connectivity index (χ2v) is 5.48. The molecule has 0 radical (unpaired) electrons. The number of benzene rings is 1. The van der Waals surface area contributed by atoms with Crippen molar-refractivity contribution in [2.75, 3.05) is 20.1 Å². The highest BCUT2D eigenvalue weighted by Crippen LogP contribution is 2.22. The molecular formula is C14H22N2O2. The monoisotopic (exact) mass is 250 g/mol. The molecule has 0 aliphatic rings. The summed E-state index contributed by atoms with van der Waals surface area (Å²) in [7, 11) is 1.75. The van der Waals surface area contributed by atoms with Gasteiger partial charge in [-0.25, -0.2) is 0 Å². The molecule has 0 heterocycles. The maximum absolute atomic E-state index is 12.3. The first-order chi connectivity index (χ1) is 8.28. The molecule has 1 aromatic carbocycles. The Hall–Kier alpha value is -1.55. The van der Waals surface area contributed by atoms with Gasteiger partial charge in [-0.15, -0.1) is 0 Å². The number of carbonyl (C=O) groups is 1. The first-order valence-electron chi connectivity index (χ1n) is 6.02. The maximum atomic E-state index is 12.3. The molecule has 1 amide bonds. The predicted octanol–water partition coefficient (Wildman–Crippen LogP) is 1.76. The van der Waals surface area contributed by atoms with Crippen LogP contribution >= 0.6 is 0 Å². The molecule has 18 heavy (non-hydrogen) atoms. The molecule has 0 spiro atoms. The maximum Gasteiger partial charge on any atom is 0.254 e. The van der Waals surface area contributed by atoms with E-state index in [1.165, 1.54) is 0 Å². The Morgan fingerprint density at radius 2 is 2.06 bits per heavy atom. The lowest BCUT2D eigenvalue weighted by Crippen LogP contribution is -2.39. The van der Waals surface area contributed by atoms with E-state index in [1.807, 2.05) is 13.8 Å². The molecule has 0 fully saturated rings. The number of nitrogens with zero attached hydrogens (tertiary/aromatic N) is 1. The van der Waals surface area contributed by atoms with Gasteiger partial charge in [0, 0.05) is 24.7 Å². The first kappa shape index (κ1) is 14.5. The van der Waals surface area contributed by atoms with Crippen LogP contribution in [0.5, 0.6) is 5.75 Å². The van der Waals surface area contributed by atoms with E-state index in [9.17, 15) is 9.90 Å². The Kier molecular flexibility index (Phi) is 4.35. The molecule has 1 aromatic rings. The third-order valence-corrected chi connectivity index (χ3v) is 3.10. The van der Waals surface area contributed by atoms with Crippen molar-refractivity contribution in [2.24, 2.45) is 11.1 Å². The van der Waals surface area contributed by atoms with E-state index < -0.39 is 0 Å². The van der Waals surface area contributed by atoms with E-state index in [0.29, 0.717) is 24.2 Å². The van der Waals surface area contributed by atoms with Crippen LogP contribution in [0.2, 0.25) is 0 Å². The average molecular weight is 250 g/mol. The molecule has 0 bridgehead atoms. The fourth-order valence-electron chi connectivity index (χ4n) is 1.84. The molecule has 0 atom stereocenters. The van der Waals surface area contributed by atoms with Crippen molar-refractivity contribution in [1.82, 2.24) is 4.90 Å². The van der Waals surface area contributed by atoms with Gasteiger partial charge in [-0.1, -0.05) is 19.9 Å². The molecule has 3 N–H and O–H groups in total. The molecule has 100 valence electrons. The van der Waals surface area contributed by atoms with Crippen molar-refractivity contribution >= 4 is 5.91 Å². The van der Waals surface area contributed by atoms with Crippen LogP contribution in [-0.2, 0) is 0 Å². The SMILES string of the molecule is Cc1c(O)cccc1C(=O)N(C)CC(C)(C)CN. The molecule has 4 heteroatoms. The van der Waals surface area contributed by atoms with Gasteiger partial charge in [0.2, 0.25) is 0 Å². The van der Waals surface area contributed by atoms with E-state index in [4.69, 9.17) is 5.73 Å². The van der Waals surface area contributed by atoms with Crippen LogP contribution in [0.15, 0.2) is 18.2 Å². The number of aromatic hydroxyl groups is 1. The molecule has 1 rings (SSSR count). The number of phenolic OH excluding ortho intramolecular Hbond substituents is 1. The fraction of sp³-hybridized carbons (Fsp3) is 0.500. The molecule has 0 saturated heterocycles. The number of rotatable bonds is 4. The Bertz CT molecular complexity index is 441. The Balaban J connectivity index is 2.91. The fourth-order valence-corrected chi connectivity index (χ4v) is 1.84. The van der Waals surface area contributed by atoms with Crippen molar-refractivity contribution in [2.45, 2.75) is 20.8 Å². The summed E-state index contributed by atoms with van der Waals surface area (Å²) in [5.74, 6) is 0.0530. The molecule has 0 unspecified atom stereocenters. The number of hydrogen-bond donors (Lipinski definition) is 2. The van der Waals surface area contributed by atoms with Gasteiger partial charge in [0.15, 0.2) is 0 Å². The number of amides is 1. The topological polar surface area (TPSA) is 66.6 Å². The molecule has 0 aromatic heterocycles. The summed E-state index contributed by atoms with van der Waals surface area (Å²) in [6, 6.07) is 4.98. The van der Waals surface area contributed by atoms with Gasteiger partial charge in [-0.3, -0.25) is 4.79 Å². The second-order valence-electron chi connectivity index (χ2n) is 5.48. The number of phenols is 1. The van der Waals surface area contributed by atoms with Gasteiger partial charge in [0.1, 0.15) is 5.75 Å². The van der Waals surface area contributed by atoms with Crippen molar-refractivity contribution in [1.29, 1.82) is 0 Å². The number of nitrogens with two attached hydrogens (primary N) is 1. The highest BCUT2D eigenvalue weighted by molar-refractivity contribution is 5.96. The van der Waals surface area contributed by atoms with E-state index in [1.54, 1.807) is 37.1 Å². The highest BCUT2D eigenvalue weighted by Gasteiger charge is 2.23. The molecular weight excluding hydrogens is 228 g/mol. The van der Waals surface area contributed by atoms with Crippen LogP contribution in [-0.4, -0.2) is 36.1 Å². The van der Waals surface area contributed by atoms with E-state index in [-0.39, 0.29) is 17.1 Å². The van der Waals surface area contributed by atoms with Gasteiger partial charge < -0.3 is 15.7 Å². The second kappa shape index (κ2) is 5.40. The van der Waals surface area contributed by atoms with Crippen molar-refractivity contribution in [3.8, 4) is 5.75 Å². The van der Waals surface area contributed by atoms with Gasteiger partial charge in [0.05, 0.1) is 0 Å². The summed E-state index contributed by atoms with van der Waals surface area (Å²) < 4.78 is 0. The van der Waals surface area contributed by atoms with Crippen molar-refractivity contribution in [3.63, 3.8) is 0 Å². The van der Waals surface area contributed by atoms with Crippen LogP contribution in [0.4, 0.5) is 0 Å². The minimum absolute atomic E-state index is 0.0927. The Labute approximate surface area is 108 Å². The van der Waals surface area contributed by atoms with Gasteiger partial charge >= 0.3 is 0 Å². The van der Waals surface area contributed by atoms with Crippen LogP contribution in [0.3, 0.4) is 0 Å². The molecule has 4 nitrogen and oxygen atoms in total. The van der Waals surface area contributed by atoms with Crippen LogP contribution < -0.4 is 5.73 Å². The zero-order valence-corrected chi connectivity index (χ0v) is 11.5. The van der Waals surface area contributed by atoms with E-state index in [2.05, 4.69) is 0 Å². The summed E-state index contributed by atoms with van der Waals surface area (Å²) in [5.41, 5.74) is 6.70. The largest absolute Gasteiger partial charge is 0.508 e. The summed E-state index contributed by atoms with van der Waals surface area (Å²) in [5, 5.41) is 9.62. The van der Waals surface area contributed by atoms with Gasteiger partial charge in [-0.2, -0.15) is 0 Å². The van der Waals surface area contributed by atoms with Gasteiger partial charge in [-0.05, 0) is 31.0 Å². The van der Waals surface area contributed by atoms with Crippen LogP contribution in [0.25, 0.3) is 0 Å². The normalized spacial score (nSPS) is 11.4. The van der Waals surface area contributed by atoms with E-state index >= 15 is 0 Å². The van der Waals surface area contributed by atoms with Crippen LogP contribution in [0, 0.1) is 12.3 Å². The van der Waals surface area contributed by atoms with Gasteiger partial charge in [0.25, 0.3) is 5.91 Å². The summed E-state index contributed by atoms with van der Waals surface area (Å²) in [4.78, 5) is 13.9. The van der Waals surface area contributed by atoms with Crippen LogP contribution in [0.1, 0.15) is 29.8 Å². The van der Waals surface area contributed by atoms with E-state index in [0.717, 1.165) is 0 Å². The zero-order chi connectivity index (χ0) is 13.9. The lowest BCUT2D eigenvalue weighted by Gasteiger charge is -2.29. The summed E-state index contributed by atoms with van der Waals surface area (Å²) in [6.07, 6.45) is 0. The molecule has 0 aliphatic carbocycles. The third kappa shape index (κ3) is 3.23. The Morgan fingerprint density at radius 1 is 1.44 bits per heavy atom. The average Bonchev–Trinajstić information content (AvgIpc) is 2.31. The Morgan fingerprint density at radius 3 is 2.61 bits per heavy atom. The lowest BCUT2D eigenvalue weighted by atomic mass is 9.93. The number of carbonyl (C=O) groups excluding carboxylic acids is 1. The predicted molar refractivity (Wildman–Crippen MR) is 72.6 cm³/mol. The highest BCUT2D eigenvalue weighted by atomic mass is 16.3. The molecule has 0 saturated carbocycles. The smallest absolute Gasteiger partial charge is 0.254 e. The van der Waals surface area contributed by atoms with Crippen molar-refractivity contribution < 1.29 is 9.90 Å². The molecule has 0 aliphatic heterocycles. The minimum Gasteiger partial charge on any atom is -0.508 e. The quantitative estimate of drug-likeness (QED) is 0.855. The zero-order valence-electron chi connectivity index (χ0n) is 11.5. The minimum atomic E-state index is -0.116. The first-order valence-corrected chi connectivity index (χ1v) is 6.02. The summed E-state index contributed by atoms with van der Waals surface area (Å²) >= 11 is 0. The lowest BCUT2D eigenvalue weighted by molar-refractivity contribution is 0.0739. The number of hydrogen-bond acceptors (Lipinski definition) is 3.